The summed E-state index contributed by atoms with van der Waals surface area (Å²) in [6.45, 7) is 1.90. The van der Waals surface area contributed by atoms with Crippen LogP contribution in [0.2, 0.25) is 5.02 Å². The van der Waals surface area contributed by atoms with Crippen molar-refractivity contribution in [3.63, 3.8) is 0 Å². The van der Waals surface area contributed by atoms with Crippen molar-refractivity contribution in [3.05, 3.63) is 29.0 Å². The third-order valence-corrected chi connectivity index (χ3v) is 2.29. The monoisotopic (exact) mass is 222 g/mol. The number of rotatable bonds is 2. The van der Waals surface area contributed by atoms with Crippen LogP contribution in [0.3, 0.4) is 0 Å². The number of halogens is 1. The smallest absolute Gasteiger partial charge is 0.153 e. The van der Waals surface area contributed by atoms with E-state index in [1.54, 1.807) is 6.07 Å². The largest absolute Gasteiger partial charge is 0.328 e. The van der Waals surface area contributed by atoms with E-state index >= 15 is 0 Å². The van der Waals surface area contributed by atoms with Crippen LogP contribution in [0.1, 0.15) is 12.7 Å². The Kier molecular flexibility index (Phi) is 2.79. The summed E-state index contributed by atoms with van der Waals surface area (Å²) < 4.78 is 0. The maximum Gasteiger partial charge on any atom is 0.153 e. The van der Waals surface area contributed by atoms with E-state index in [2.05, 4.69) is 15.2 Å². The second-order valence-corrected chi connectivity index (χ2v) is 3.92. The standard InChI is InChI=1S/C10H11ClN4/c1-6(12)5-9-13-10-7(11)3-2-4-8(10)14-15-9/h2-4,6H,5,12H2,1H3. The molecule has 5 heteroatoms. The lowest BCUT2D eigenvalue weighted by Crippen LogP contribution is -2.19. The maximum atomic E-state index is 6.00. The molecule has 15 heavy (non-hydrogen) atoms. The maximum absolute atomic E-state index is 6.00. The summed E-state index contributed by atoms with van der Waals surface area (Å²) in [6.07, 6.45) is 0.605. The number of hydrogen-bond donors (Lipinski definition) is 1. The van der Waals surface area contributed by atoms with Crippen LogP contribution in [-0.4, -0.2) is 21.2 Å². The third-order valence-electron chi connectivity index (χ3n) is 1.98. The lowest BCUT2D eigenvalue weighted by Gasteiger charge is -2.04. The molecule has 0 fully saturated rings. The van der Waals surface area contributed by atoms with Gasteiger partial charge in [-0.3, -0.25) is 0 Å². The molecule has 0 bridgehead atoms. The van der Waals surface area contributed by atoms with E-state index in [1.807, 2.05) is 19.1 Å². The molecule has 2 N–H and O–H groups in total. The van der Waals surface area contributed by atoms with Crippen molar-refractivity contribution >= 4 is 22.6 Å². The zero-order chi connectivity index (χ0) is 10.8. The van der Waals surface area contributed by atoms with E-state index < -0.39 is 0 Å². The Hall–Kier alpha value is -1.26. The molecule has 0 saturated carbocycles. The molecular formula is C10H11ClN4. The van der Waals surface area contributed by atoms with Gasteiger partial charge >= 0.3 is 0 Å². The van der Waals surface area contributed by atoms with E-state index in [0.717, 1.165) is 0 Å². The fourth-order valence-electron chi connectivity index (χ4n) is 1.33. The second kappa shape index (κ2) is 4.08. The molecule has 0 radical (unpaired) electrons. The van der Waals surface area contributed by atoms with Crippen LogP contribution in [0.15, 0.2) is 18.2 Å². The molecule has 0 saturated heterocycles. The first-order chi connectivity index (χ1) is 7.16. The van der Waals surface area contributed by atoms with E-state index in [9.17, 15) is 0 Å². The highest BCUT2D eigenvalue weighted by Gasteiger charge is 2.06. The fourth-order valence-corrected chi connectivity index (χ4v) is 1.54. The highest BCUT2D eigenvalue weighted by molar-refractivity contribution is 6.34. The van der Waals surface area contributed by atoms with E-state index in [0.29, 0.717) is 28.3 Å². The van der Waals surface area contributed by atoms with Crippen LogP contribution in [0.5, 0.6) is 0 Å². The van der Waals surface area contributed by atoms with Gasteiger partial charge in [-0.05, 0) is 19.1 Å². The zero-order valence-electron chi connectivity index (χ0n) is 8.31. The van der Waals surface area contributed by atoms with Gasteiger partial charge in [-0.15, -0.1) is 10.2 Å². The summed E-state index contributed by atoms with van der Waals surface area (Å²) >= 11 is 6.00. The molecule has 1 unspecified atom stereocenters. The van der Waals surface area contributed by atoms with Crippen molar-refractivity contribution in [2.45, 2.75) is 19.4 Å². The third kappa shape index (κ3) is 2.22. The Bertz CT molecular complexity index is 484. The van der Waals surface area contributed by atoms with Crippen molar-refractivity contribution in [3.8, 4) is 0 Å². The van der Waals surface area contributed by atoms with Gasteiger partial charge in [0.2, 0.25) is 0 Å². The molecular weight excluding hydrogens is 212 g/mol. The molecule has 0 spiro atoms. The number of nitrogens with zero attached hydrogens (tertiary/aromatic N) is 3. The molecule has 2 rings (SSSR count). The summed E-state index contributed by atoms with van der Waals surface area (Å²) in [5, 5.41) is 8.62. The van der Waals surface area contributed by atoms with Crippen LogP contribution in [0, 0.1) is 0 Å². The average molecular weight is 223 g/mol. The van der Waals surface area contributed by atoms with Gasteiger partial charge in [-0.1, -0.05) is 17.7 Å². The van der Waals surface area contributed by atoms with Crippen LogP contribution < -0.4 is 5.73 Å². The minimum atomic E-state index is 0.0201. The van der Waals surface area contributed by atoms with E-state index in [1.165, 1.54) is 0 Å². The van der Waals surface area contributed by atoms with Crippen molar-refractivity contribution < 1.29 is 0 Å². The molecule has 4 nitrogen and oxygen atoms in total. The Morgan fingerprint density at radius 1 is 1.40 bits per heavy atom. The van der Waals surface area contributed by atoms with Crippen molar-refractivity contribution in [1.82, 2.24) is 15.2 Å². The van der Waals surface area contributed by atoms with Crippen LogP contribution in [0.4, 0.5) is 0 Å². The van der Waals surface area contributed by atoms with Gasteiger partial charge in [0.05, 0.1) is 5.02 Å². The van der Waals surface area contributed by atoms with Crippen LogP contribution in [0.25, 0.3) is 11.0 Å². The van der Waals surface area contributed by atoms with E-state index in [4.69, 9.17) is 17.3 Å². The summed E-state index contributed by atoms with van der Waals surface area (Å²) in [6, 6.07) is 5.46. The average Bonchev–Trinajstić information content (AvgIpc) is 2.18. The highest BCUT2D eigenvalue weighted by atomic mass is 35.5. The zero-order valence-corrected chi connectivity index (χ0v) is 9.07. The molecule has 1 heterocycles. The summed E-state index contributed by atoms with van der Waals surface area (Å²) in [5.41, 5.74) is 7.06. The number of nitrogens with two attached hydrogens (primary N) is 1. The fraction of sp³-hybridized carbons (Fsp3) is 0.300. The topological polar surface area (TPSA) is 64.7 Å². The van der Waals surface area contributed by atoms with Gasteiger partial charge in [-0.2, -0.15) is 0 Å². The van der Waals surface area contributed by atoms with Gasteiger partial charge in [0, 0.05) is 12.5 Å². The molecule has 0 aliphatic carbocycles. The van der Waals surface area contributed by atoms with E-state index in [-0.39, 0.29) is 6.04 Å². The summed E-state index contributed by atoms with van der Waals surface area (Å²) in [7, 11) is 0. The number of benzene rings is 1. The van der Waals surface area contributed by atoms with Gasteiger partial charge < -0.3 is 5.73 Å². The normalized spacial score (nSPS) is 13.0. The van der Waals surface area contributed by atoms with Gasteiger partial charge in [-0.25, -0.2) is 4.98 Å². The summed E-state index contributed by atoms with van der Waals surface area (Å²) in [4.78, 5) is 4.33. The molecule has 2 aromatic rings. The van der Waals surface area contributed by atoms with Crippen LogP contribution in [-0.2, 0) is 6.42 Å². The molecule has 1 aromatic carbocycles. The quantitative estimate of drug-likeness (QED) is 0.838. The predicted octanol–water partition coefficient (Wildman–Crippen LogP) is 1.57. The molecule has 78 valence electrons. The highest BCUT2D eigenvalue weighted by Crippen LogP contribution is 2.18. The second-order valence-electron chi connectivity index (χ2n) is 3.52. The lowest BCUT2D eigenvalue weighted by atomic mass is 10.2. The molecule has 0 aliphatic heterocycles. The minimum Gasteiger partial charge on any atom is -0.328 e. The molecule has 1 aromatic heterocycles. The number of aromatic nitrogens is 3. The van der Waals surface area contributed by atoms with Gasteiger partial charge in [0.25, 0.3) is 0 Å². The first-order valence-corrected chi connectivity index (χ1v) is 5.08. The van der Waals surface area contributed by atoms with Gasteiger partial charge in [0.1, 0.15) is 11.0 Å². The summed E-state index contributed by atoms with van der Waals surface area (Å²) in [5.74, 6) is 0.630. The first kappa shape index (κ1) is 10.3. The number of fused-ring (bicyclic) bond motifs is 1. The first-order valence-electron chi connectivity index (χ1n) is 4.70. The van der Waals surface area contributed by atoms with Crippen LogP contribution >= 0.6 is 11.6 Å². The molecule has 0 amide bonds. The lowest BCUT2D eigenvalue weighted by molar-refractivity contribution is 0.692. The number of hydrogen-bond acceptors (Lipinski definition) is 4. The Morgan fingerprint density at radius 2 is 2.20 bits per heavy atom. The van der Waals surface area contributed by atoms with Crippen molar-refractivity contribution in [2.75, 3.05) is 0 Å². The Labute approximate surface area is 92.5 Å². The SMILES string of the molecule is CC(N)Cc1nnc2cccc(Cl)c2n1. The van der Waals surface area contributed by atoms with Crippen molar-refractivity contribution in [2.24, 2.45) is 5.73 Å². The molecule has 1 atom stereocenters. The number of para-hydroxylation sites is 1. The minimum absolute atomic E-state index is 0.0201. The predicted molar refractivity (Wildman–Crippen MR) is 59.7 cm³/mol. The Balaban J connectivity index is 2.50. The molecule has 0 aliphatic rings. The van der Waals surface area contributed by atoms with Gasteiger partial charge in [0.15, 0.2) is 5.82 Å². The van der Waals surface area contributed by atoms with Crippen molar-refractivity contribution in [1.29, 1.82) is 0 Å². The Morgan fingerprint density at radius 3 is 2.93 bits per heavy atom.